The first-order valence-corrected chi connectivity index (χ1v) is 6.80. The van der Waals surface area contributed by atoms with Crippen LogP contribution in [0.2, 0.25) is 0 Å². The minimum Gasteiger partial charge on any atom is -0.368 e. The van der Waals surface area contributed by atoms with Crippen molar-refractivity contribution in [3.63, 3.8) is 0 Å². The molecule has 0 spiro atoms. The van der Waals surface area contributed by atoms with Crippen molar-refractivity contribution in [2.45, 2.75) is 20.8 Å². The normalized spacial score (nSPS) is 11.4. The zero-order valence-corrected chi connectivity index (χ0v) is 12.4. The second-order valence-electron chi connectivity index (χ2n) is 5.82. The second-order valence-corrected chi connectivity index (χ2v) is 5.82. The number of benzene rings is 1. The van der Waals surface area contributed by atoms with E-state index in [9.17, 15) is 9.18 Å². The van der Waals surface area contributed by atoms with Crippen molar-refractivity contribution >= 4 is 22.6 Å². The maximum absolute atomic E-state index is 13.3. The van der Waals surface area contributed by atoms with Gasteiger partial charge in [0.2, 0.25) is 5.91 Å². The lowest BCUT2D eigenvalue weighted by molar-refractivity contribution is -0.128. The summed E-state index contributed by atoms with van der Waals surface area (Å²) in [5.74, 6) is 0.216. The Kier molecular flexibility index (Phi) is 4.35. The molecule has 5 nitrogen and oxygen atoms in total. The van der Waals surface area contributed by atoms with E-state index in [0.29, 0.717) is 29.8 Å². The third kappa shape index (κ3) is 3.87. The summed E-state index contributed by atoms with van der Waals surface area (Å²) in [5.41, 5.74) is 0.262. The molecule has 0 radical (unpaired) electrons. The molecule has 0 aliphatic heterocycles. The molecule has 0 unspecified atom stereocenters. The molecule has 112 valence electrons. The highest BCUT2D eigenvalue weighted by Gasteiger charge is 2.20. The van der Waals surface area contributed by atoms with E-state index in [1.54, 1.807) is 6.07 Å². The van der Waals surface area contributed by atoms with Crippen LogP contribution in [0, 0.1) is 11.2 Å². The van der Waals surface area contributed by atoms with Crippen LogP contribution in [0.15, 0.2) is 24.5 Å². The quantitative estimate of drug-likeness (QED) is 0.848. The first-order chi connectivity index (χ1) is 9.88. The maximum atomic E-state index is 13.3. The number of anilines is 1. The van der Waals surface area contributed by atoms with Gasteiger partial charge in [0.15, 0.2) is 0 Å². The fourth-order valence-electron chi connectivity index (χ4n) is 1.79. The van der Waals surface area contributed by atoms with Gasteiger partial charge in [-0.2, -0.15) is 0 Å². The SMILES string of the molecule is CC(C)(C)C(=O)NCCNc1ncnc2ccc(F)cc12. The molecule has 1 aromatic heterocycles. The molecule has 1 aromatic carbocycles. The first kappa shape index (κ1) is 15.2. The van der Waals surface area contributed by atoms with Gasteiger partial charge in [-0.3, -0.25) is 4.79 Å². The molecule has 0 aliphatic rings. The molecule has 0 saturated heterocycles. The Morgan fingerprint density at radius 2 is 2.00 bits per heavy atom. The molecule has 1 amide bonds. The number of hydrogen-bond acceptors (Lipinski definition) is 4. The number of halogens is 1. The molecule has 6 heteroatoms. The maximum Gasteiger partial charge on any atom is 0.225 e. The van der Waals surface area contributed by atoms with Crippen molar-refractivity contribution in [2.75, 3.05) is 18.4 Å². The molecule has 2 aromatic rings. The highest BCUT2D eigenvalue weighted by Crippen LogP contribution is 2.19. The fourth-order valence-corrected chi connectivity index (χ4v) is 1.79. The van der Waals surface area contributed by atoms with Crippen molar-refractivity contribution in [3.05, 3.63) is 30.3 Å². The number of rotatable bonds is 4. The van der Waals surface area contributed by atoms with Crippen LogP contribution in [0.25, 0.3) is 10.9 Å². The van der Waals surface area contributed by atoms with Crippen molar-refractivity contribution in [3.8, 4) is 0 Å². The van der Waals surface area contributed by atoms with E-state index in [-0.39, 0.29) is 11.7 Å². The number of carbonyl (C=O) groups excluding carboxylic acids is 1. The lowest BCUT2D eigenvalue weighted by atomic mass is 9.96. The van der Waals surface area contributed by atoms with Crippen LogP contribution >= 0.6 is 0 Å². The molecule has 0 fully saturated rings. The zero-order valence-electron chi connectivity index (χ0n) is 12.4. The Labute approximate surface area is 123 Å². The minimum absolute atomic E-state index is 0.0112. The van der Waals surface area contributed by atoms with Crippen molar-refractivity contribution in [1.29, 1.82) is 0 Å². The second kappa shape index (κ2) is 6.03. The summed E-state index contributed by atoms with van der Waals surface area (Å²) in [6, 6.07) is 4.37. The molecule has 21 heavy (non-hydrogen) atoms. The zero-order chi connectivity index (χ0) is 15.5. The van der Waals surface area contributed by atoms with Gasteiger partial charge < -0.3 is 10.6 Å². The average molecular weight is 290 g/mol. The summed E-state index contributed by atoms with van der Waals surface area (Å²) in [7, 11) is 0. The number of aromatic nitrogens is 2. The van der Waals surface area contributed by atoms with E-state index in [4.69, 9.17) is 0 Å². The van der Waals surface area contributed by atoms with E-state index in [1.165, 1.54) is 18.5 Å². The van der Waals surface area contributed by atoms with Gasteiger partial charge in [-0.05, 0) is 18.2 Å². The minimum atomic E-state index is -0.412. The van der Waals surface area contributed by atoms with Gasteiger partial charge in [-0.1, -0.05) is 20.8 Å². The smallest absolute Gasteiger partial charge is 0.225 e. The van der Waals surface area contributed by atoms with Gasteiger partial charge in [-0.15, -0.1) is 0 Å². The van der Waals surface area contributed by atoms with Gasteiger partial charge in [-0.25, -0.2) is 14.4 Å². The first-order valence-electron chi connectivity index (χ1n) is 6.80. The van der Waals surface area contributed by atoms with Gasteiger partial charge in [0.25, 0.3) is 0 Å². The van der Waals surface area contributed by atoms with Gasteiger partial charge in [0.05, 0.1) is 5.52 Å². The van der Waals surface area contributed by atoms with Crippen LogP contribution in [0.3, 0.4) is 0 Å². The number of amides is 1. The molecule has 1 heterocycles. The Balaban J connectivity index is 1.98. The van der Waals surface area contributed by atoms with Gasteiger partial charge >= 0.3 is 0 Å². The molecule has 0 bridgehead atoms. The molecule has 2 rings (SSSR count). The van der Waals surface area contributed by atoms with Crippen LogP contribution < -0.4 is 10.6 Å². The average Bonchev–Trinajstić information content (AvgIpc) is 2.42. The van der Waals surface area contributed by atoms with E-state index in [1.807, 2.05) is 20.8 Å². The van der Waals surface area contributed by atoms with Crippen molar-refractivity contribution < 1.29 is 9.18 Å². The Morgan fingerprint density at radius 1 is 1.24 bits per heavy atom. The highest BCUT2D eigenvalue weighted by atomic mass is 19.1. The number of nitrogens with zero attached hydrogens (tertiary/aromatic N) is 2. The predicted octanol–water partition coefficient (Wildman–Crippen LogP) is 2.34. The van der Waals surface area contributed by atoms with E-state index in [2.05, 4.69) is 20.6 Å². The number of carbonyl (C=O) groups is 1. The summed E-state index contributed by atoms with van der Waals surface area (Å²) in [5, 5.41) is 6.55. The molecule has 0 saturated carbocycles. The lowest BCUT2D eigenvalue weighted by Gasteiger charge is -2.17. The summed E-state index contributed by atoms with van der Waals surface area (Å²) >= 11 is 0. The van der Waals surface area contributed by atoms with Gasteiger partial charge in [0, 0.05) is 23.9 Å². The standard InChI is InChI=1S/C15H19FN4O/c1-15(2,3)14(21)18-7-6-17-13-11-8-10(16)4-5-12(11)19-9-20-13/h4-5,8-9H,6-7H2,1-3H3,(H,18,21)(H,17,19,20). The third-order valence-corrected chi connectivity index (χ3v) is 2.98. The summed E-state index contributed by atoms with van der Waals surface area (Å²) in [6.07, 6.45) is 1.43. The largest absolute Gasteiger partial charge is 0.368 e. The van der Waals surface area contributed by atoms with Crippen molar-refractivity contribution in [2.24, 2.45) is 5.41 Å². The van der Waals surface area contributed by atoms with Crippen LogP contribution in [-0.2, 0) is 4.79 Å². The summed E-state index contributed by atoms with van der Waals surface area (Å²) < 4.78 is 13.3. The highest BCUT2D eigenvalue weighted by molar-refractivity contribution is 5.88. The number of hydrogen-bond donors (Lipinski definition) is 2. The Morgan fingerprint density at radius 3 is 2.71 bits per heavy atom. The third-order valence-electron chi connectivity index (χ3n) is 2.98. The number of nitrogens with one attached hydrogen (secondary N) is 2. The number of fused-ring (bicyclic) bond motifs is 1. The summed E-state index contributed by atoms with van der Waals surface area (Å²) in [4.78, 5) is 19.9. The molecular formula is C15H19FN4O. The summed E-state index contributed by atoms with van der Waals surface area (Å²) in [6.45, 7) is 6.55. The van der Waals surface area contributed by atoms with Crippen LogP contribution in [-0.4, -0.2) is 29.0 Å². The van der Waals surface area contributed by atoms with E-state index >= 15 is 0 Å². The Bertz CT molecular complexity index is 652. The molecule has 2 N–H and O–H groups in total. The fraction of sp³-hybridized carbons (Fsp3) is 0.400. The molecule has 0 atom stereocenters. The van der Waals surface area contributed by atoms with Crippen molar-refractivity contribution in [1.82, 2.24) is 15.3 Å². The van der Waals surface area contributed by atoms with Crippen LogP contribution in [0.5, 0.6) is 0 Å². The van der Waals surface area contributed by atoms with Crippen LogP contribution in [0.1, 0.15) is 20.8 Å². The topological polar surface area (TPSA) is 66.9 Å². The lowest BCUT2D eigenvalue weighted by Crippen LogP contribution is -2.37. The van der Waals surface area contributed by atoms with Gasteiger partial charge in [0.1, 0.15) is 18.0 Å². The Hall–Kier alpha value is -2.24. The van der Waals surface area contributed by atoms with E-state index in [0.717, 1.165) is 0 Å². The molecule has 0 aliphatic carbocycles. The predicted molar refractivity (Wildman–Crippen MR) is 80.5 cm³/mol. The van der Waals surface area contributed by atoms with E-state index < -0.39 is 5.41 Å². The van der Waals surface area contributed by atoms with Crippen LogP contribution in [0.4, 0.5) is 10.2 Å². The molecular weight excluding hydrogens is 271 g/mol. The monoisotopic (exact) mass is 290 g/mol.